The van der Waals surface area contributed by atoms with Gasteiger partial charge < -0.3 is 19.7 Å². The van der Waals surface area contributed by atoms with Crippen LogP contribution in [0.1, 0.15) is 25.3 Å². The fourth-order valence-electron chi connectivity index (χ4n) is 4.09. The number of non-ortho nitro benzene ring substituents is 1. The molecule has 1 heterocycles. The summed E-state index contributed by atoms with van der Waals surface area (Å²) in [6, 6.07) is 11.3. The molecule has 0 spiro atoms. The molecule has 0 radical (unpaired) electrons. The topological polar surface area (TPSA) is 114 Å². The van der Waals surface area contributed by atoms with Crippen LogP contribution in [0.3, 0.4) is 0 Å². The second-order valence-corrected chi connectivity index (χ2v) is 8.43. The van der Waals surface area contributed by atoms with Crippen molar-refractivity contribution >= 4 is 23.2 Å². The number of hydrogen-bond acceptors (Lipinski definition) is 7. The first-order valence-corrected chi connectivity index (χ1v) is 11.6. The molecule has 188 valence electrons. The summed E-state index contributed by atoms with van der Waals surface area (Å²) in [5, 5.41) is 13.9. The van der Waals surface area contributed by atoms with Crippen LogP contribution < -0.4 is 14.8 Å². The van der Waals surface area contributed by atoms with Gasteiger partial charge in [-0.2, -0.15) is 0 Å². The van der Waals surface area contributed by atoms with Gasteiger partial charge in [-0.15, -0.1) is 0 Å². The first-order valence-electron chi connectivity index (χ1n) is 11.6. The van der Waals surface area contributed by atoms with E-state index in [2.05, 4.69) is 5.32 Å². The quantitative estimate of drug-likeness (QED) is 0.430. The Morgan fingerprint density at radius 2 is 1.80 bits per heavy atom. The maximum Gasteiger partial charge on any atom is 0.271 e. The second kappa shape index (κ2) is 12.2. The van der Waals surface area contributed by atoms with Crippen molar-refractivity contribution in [3.05, 3.63) is 58.1 Å². The van der Waals surface area contributed by atoms with E-state index < -0.39 is 11.0 Å². The molecular formula is C25H32N4O6. The van der Waals surface area contributed by atoms with E-state index >= 15 is 0 Å². The van der Waals surface area contributed by atoms with Crippen LogP contribution in [-0.4, -0.2) is 73.0 Å². The van der Waals surface area contributed by atoms with Crippen molar-refractivity contribution in [3.63, 3.8) is 0 Å². The summed E-state index contributed by atoms with van der Waals surface area (Å²) in [4.78, 5) is 40.2. The molecule has 0 bridgehead atoms. The highest BCUT2D eigenvalue weighted by Gasteiger charge is 2.26. The molecule has 10 heteroatoms. The van der Waals surface area contributed by atoms with Gasteiger partial charge in [0.2, 0.25) is 11.8 Å². The molecule has 1 fully saturated rings. The lowest BCUT2D eigenvalue weighted by atomic mass is 10.1. The van der Waals surface area contributed by atoms with Crippen molar-refractivity contribution in [2.45, 2.75) is 32.2 Å². The molecule has 1 unspecified atom stereocenters. The fourth-order valence-corrected chi connectivity index (χ4v) is 4.09. The highest BCUT2D eigenvalue weighted by molar-refractivity contribution is 5.96. The summed E-state index contributed by atoms with van der Waals surface area (Å²) in [5.74, 6) is 0.944. The smallest absolute Gasteiger partial charge is 0.271 e. The molecule has 0 aromatic heterocycles. The molecule has 0 aliphatic carbocycles. The fraction of sp³-hybridized carbons (Fsp3) is 0.440. The maximum atomic E-state index is 12.9. The summed E-state index contributed by atoms with van der Waals surface area (Å²) in [5.41, 5.74) is 1.20. The van der Waals surface area contributed by atoms with Crippen LogP contribution in [0.5, 0.6) is 11.5 Å². The molecular weight excluding hydrogens is 452 g/mol. The highest BCUT2D eigenvalue weighted by Crippen LogP contribution is 2.29. The number of hydrogen-bond donors (Lipinski definition) is 1. The monoisotopic (exact) mass is 484 g/mol. The van der Waals surface area contributed by atoms with Crippen molar-refractivity contribution in [2.75, 3.05) is 45.7 Å². The molecule has 1 atom stereocenters. The standard InChI is InChI=1S/C25H32N4O6/c1-18(25(31)26-22-17-20(29(32)33)8-11-23(22)35-3)27-13-4-14-28(16-15-27)24(30)12-7-19-5-9-21(34-2)10-6-19/h5-6,8-11,17-18H,4,7,12-16H2,1-3H3,(H,26,31). The highest BCUT2D eigenvalue weighted by atomic mass is 16.6. The summed E-state index contributed by atoms with van der Waals surface area (Å²) < 4.78 is 10.4. The van der Waals surface area contributed by atoms with Gasteiger partial charge in [0.05, 0.1) is 30.9 Å². The van der Waals surface area contributed by atoms with Gasteiger partial charge >= 0.3 is 0 Å². The number of ether oxygens (including phenoxy) is 2. The molecule has 2 aromatic rings. The molecule has 2 aromatic carbocycles. The average molecular weight is 485 g/mol. The Morgan fingerprint density at radius 3 is 2.46 bits per heavy atom. The molecule has 35 heavy (non-hydrogen) atoms. The second-order valence-electron chi connectivity index (χ2n) is 8.43. The number of rotatable bonds is 9. The first kappa shape index (κ1) is 26.0. The van der Waals surface area contributed by atoms with Gasteiger partial charge in [-0.25, -0.2) is 0 Å². The van der Waals surface area contributed by atoms with Crippen molar-refractivity contribution < 1.29 is 24.0 Å². The SMILES string of the molecule is COc1ccc(CCC(=O)N2CCCN(C(C)C(=O)Nc3cc([N+](=O)[O-])ccc3OC)CC2)cc1. The predicted molar refractivity (Wildman–Crippen MR) is 132 cm³/mol. The van der Waals surface area contributed by atoms with Crippen molar-refractivity contribution in [2.24, 2.45) is 0 Å². The lowest BCUT2D eigenvalue weighted by Crippen LogP contribution is -2.44. The molecule has 10 nitrogen and oxygen atoms in total. The van der Waals surface area contributed by atoms with Crippen LogP contribution >= 0.6 is 0 Å². The van der Waals surface area contributed by atoms with Gasteiger partial charge in [0.1, 0.15) is 11.5 Å². The van der Waals surface area contributed by atoms with Gasteiger partial charge in [0, 0.05) is 44.7 Å². The van der Waals surface area contributed by atoms with Crippen LogP contribution in [0, 0.1) is 10.1 Å². The molecule has 1 N–H and O–H groups in total. The van der Waals surface area contributed by atoms with Crippen molar-refractivity contribution in [3.8, 4) is 11.5 Å². The summed E-state index contributed by atoms with van der Waals surface area (Å²) in [6.07, 6.45) is 1.84. The minimum Gasteiger partial charge on any atom is -0.497 e. The minimum atomic E-state index is -0.520. The lowest BCUT2D eigenvalue weighted by Gasteiger charge is -2.27. The summed E-state index contributed by atoms with van der Waals surface area (Å²) in [7, 11) is 3.06. The number of carbonyl (C=O) groups is 2. The molecule has 0 saturated carbocycles. The van der Waals surface area contributed by atoms with Crippen LogP contribution in [0.25, 0.3) is 0 Å². The zero-order valence-electron chi connectivity index (χ0n) is 20.4. The largest absolute Gasteiger partial charge is 0.497 e. The van der Waals surface area contributed by atoms with Crippen molar-refractivity contribution in [1.29, 1.82) is 0 Å². The number of nitro benzene ring substituents is 1. The van der Waals surface area contributed by atoms with E-state index in [4.69, 9.17) is 9.47 Å². The third-order valence-electron chi connectivity index (χ3n) is 6.25. The third-order valence-corrected chi connectivity index (χ3v) is 6.25. The number of nitrogens with zero attached hydrogens (tertiary/aromatic N) is 3. The normalized spacial score (nSPS) is 15.1. The van der Waals surface area contributed by atoms with Crippen LogP contribution in [0.15, 0.2) is 42.5 Å². The Bertz CT molecular complexity index is 1040. The lowest BCUT2D eigenvalue weighted by molar-refractivity contribution is -0.384. The zero-order valence-corrected chi connectivity index (χ0v) is 20.4. The van der Waals surface area contributed by atoms with E-state index in [0.29, 0.717) is 44.8 Å². The Labute approximate surface area is 204 Å². The molecule has 1 saturated heterocycles. The zero-order chi connectivity index (χ0) is 25.4. The molecule has 3 rings (SSSR count). The van der Waals surface area contributed by atoms with Gasteiger partial charge in [-0.3, -0.25) is 24.6 Å². The Balaban J connectivity index is 1.54. The minimum absolute atomic E-state index is 0.0982. The number of nitro groups is 1. The summed E-state index contributed by atoms with van der Waals surface area (Å²) in [6.45, 7) is 4.21. The van der Waals surface area contributed by atoms with Crippen molar-refractivity contribution in [1.82, 2.24) is 9.80 Å². The average Bonchev–Trinajstić information content (AvgIpc) is 3.13. The summed E-state index contributed by atoms with van der Waals surface area (Å²) >= 11 is 0. The van der Waals surface area contributed by atoms with E-state index in [9.17, 15) is 19.7 Å². The molecule has 1 aliphatic rings. The number of benzene rings is 2. The van der Waals surface area contributed by atoms with Crippen LogP contribution in [0.4, 0.5) is 11.4 Å². The van der Waals surface area contributed by atoms with Crippen LogP contribution in [0.2, 0.25) is 0 Å². The van der Waals surface area contributed by atoms with Crippen LogP contribution in [-0.2, 0) is 16.0 Å². The number of methoxy groups -OCH3 is 2. The Hall–Kier alpha value is -3.66. The third kappa shape index (κ3) is 6.92. The number of anilines is 1. The van der Waals surface area contributed by atoms with Gasteiger partial charge in [-0.05, 0) is 43.5 Å². The van der Waals surface area contributed by atoms with E-state index in [1.54, 1.807) is 14.0 Å². The van der Waals surface area contributed by atoms with Gasteiger partial charge in [-0.1, -0.05) is 12.1 Å². The number of aryl methyl sites for hydroxylation is 1. The first-order chi connectivity index (χ1) is 16.8. The van der Waals surface area contributed by atoms with Gasteiger partial charge in [0.25, 0.3) is 5.69 Å². The van der Waals surface area contributed by atoms with Gasteiger partial charge in [0.15, 0.2) is 0 Å². The Kier molecular flexibility index (Phi) is 9.02. The number of carbonyl (C=O) groups excluding carboxylic acids is 2. The molecule has 2 amide bonds. The molecule has 1 aliphatic heterocycles. The number of nitrogens with one attached hydrogen (secondary N) is 1. The van der Waals surface area contributed by atoms with E-state index in [-0.39, 0.29) is 23.2 Å². The van der Waals surface area contributed by atoms with E-state index in [1.807, 2.05) is 34.1 Å². The van der Waals surface area contributed by atoms with E-state index in [0.717, 1.165) is 17.7 Å². The number of amides is 2. The maximum absolute atomic E-state index is 12.9. The van der Waals surface area contributed by atoms with E-state index in [1.165, 1.54) is 25.3 Å². The Morgan fingerprint density at radius 1 is 1.06 bits per heavy atom. The predicted octanol–water partition coefficient (Wildman–Crippen LogP) is 3.11.